The molecule has 0 unspecified atom stereocenters. The smallest absolute Gasteiger partial charge is 0.261 e. The van der Waals surface area contributed by atoms with Gasteiger partial charge in [-0.2, -0.15) is 5.10 Å². The highest BCUT2D eigenvalue weighted by molar-refractivity contribution is 7.92. The summed E-state index contributed by atoms with van der Waals surface area (Å²) in [5.41, 5.74) is 2.23. The summed E-state index contributed by atoms with van der Waals surface area (Å²) in [4.78, 5) is 0.197. The van der Waals surface area contributed by atoms with Gasteiger partial charge in [0.05, 0.1) is 18.6 Å². The molecule has 0 saturated heterocycles. The Morgan fingerprint density at radius 2 is 2.00 bits per heavy atom. The molecule has 3 aromatic rings. The first-order valence-electron chi connectivity index (χ1n) is 7.72. The Morgan fingerprint density at radius 1 is 1.16 bits per heavy atom. The van der Waals surface area contributed by atoms with Crippen molar-refractivity contribution >= 4 is 15.7 Å². The van der Waals surface area contributed by atoms with Gasteiger partial charge < -0.3 is 4.74 Å². The zero-order valence-electron chi connectivity index (χ0n) is 14.0. The van der Waals surface area contributed by atoms with Crippen LogP contribution in [0.15, 0.2) is 65.8 Å². The number of hydrogen-bond donors (Lipinski definition) is 1. The minimum Gasteiger partial charge on any atom is -0.496 e. The van der Waals surface area contributed by atoms with E-state index in [0.717, 1.165) is 11.1 Å². The highest BCUT2D eigenvalue weighted by Crippen LogP contribution is 2.23. The first-order valence-corrected chi connectivity index (χ1v) is 9.20. The normalized spacial score (nSPS) is 11.3. The molecule has 1 aromatic heterocycles. The van der Waals surface area contributed by atoms with Gasteiger partial charge in [0, 0.05) is 18.1 Å². The third-order valence-electron chi connectivity index (χ3n) is 3.76. The highest BCUT2D eigenvalue weighted by Gasteiger charge is 2.16. The van der Waals surface area contributed by atoms with Crippen LogP contribution in [0.5, 0.6) is 5.75 Å². The van der Waals surface area contributed by atoms with Crippen LogP contribution in [-0.2, 0) is 16.6 Å². The van der Waals surface area contributed by atoms with E-state index in [1.807, 2.05) is 31.3 Å². The van der Waals surface area contributed by atoms with Crippen molar-refractivity contribution in [2.45, 2.75) is 18.4 Å². The molecule has 1 heterocycles. The second-order valence-electron chi connectivity index (χ2n) is 5.64. The van der Waals surface area contributed by atoms with Crippen molar-refractivity contribution in [3.63, 3.8) is 0 Å². The van der Waals surface area contributed by atoms with Crippen molar-refractivity contribution in [2.75, 3.05) is 11.8 Å². The van der Waals surface area contributed by atoms with Crippen molar-refractivity contribution in [1.29, 1.82) is 0 Å². The van der Waals surface area contributed by atoms with E-state index in [2.05, 4.69) is 9.82 Å². The molecule has 0 saturated carbocycles. The van der Waals surface area contributed by atoms with Gasteiger partial charge in [0.1, 0.15) is 5.75 Å². The van der Waals surface area contributed by atoms with Gasteiger partial charge in [0.15, 0.2) is 0 Å². The molecule has 0 atom stereocenters. The quantitative estimate of drug-likeness (QED) is 0.736. The molecular weight excluding hydrogens is 338 g/mol. The summed E-state index contributed by atoms with van der Waals surface area (Å²) < 4.78 is 34.8. The lowest BCUT2D eigenvalue weighted by molar-refractivity contribution is 0.411. The summed E-state index contributed by atoms with van der Waals surface area (Å²) in [6.45, 7) is 2.38. The Morgan fingerprint density at radius 3 is 2.68 bits per heavy atom. The molecule has 0 amide bonds. The van der Waals surface area contributed by atoms with Crippen LogP contribution in [0.4, 0.5) is 5.69 Å². The van der Waals surface area contributed by atoms with Gasteiger partial charge >= 0.3 is 0 Å². The number of sulfonamides is 1. The van der Waals surface area contributed by atoms with E-state index in [4.69, 9.17) is 4.74 Å². The van der Waals surface area contributed by atoms with Gasteiger partial charge in [-0.1, -0.05) is 12.1 Å². The van der Waals surface area contributed by atoms with E-state index in [1.54, 1.807) is 42.3 Å². The molecule has 0 radical (unpaired) electrons. The fourth-order valence-corrected chi connectivity index (χ4v) is 3.68. The molecule has 130 valence electrons. The van der Waals surface area contributed by atoms with E-state index >= 15 is 0 Å². The van der Waals surface area contributed by atoms with Crippen LogP contribution in [0.1, 0.15) is 11.1 Å². The number of nitrogens with zero attached hydrogens (tertiary/aromatic N) is 2. The topological polar surface area (TPSA) is 73.2 Å². The summed E-state index contributed by atoms with van der Waals surface area (Å²) in [5, 5.41) is 4.16. The lowest BCUT2D eigenvalue weighted by Crippen LogP contribution is -2.13. The van der Waals surface area contributed by atoms with E-state index in [9.17, 15) is 8.42 Å². The molecule has 0 aliphatic rings. The molecule has 0 spiro atoms. The zero-order chi connectivity index (χ0) is 17.9. The molecule has 0 aliphatic carbocycles. The van der Waals surface area contributed by atoms with E-state index in [0.29, 0.717) is 18.0 Å². The van der Waals surface area contributed by atoms with Crippen molar-refractivity contribution in [3.8, 4) is 5.75 Å². The molecule has 6 nitrogen and oxygen atoms in total. The summed E-state index contributed by atoms with van der Waals surface area (Å²) in [7, 11) is -2.11. The fraction of sp³-hybridized carbons (Fsp3) is 0.167. The second-order valence-corrected chi connectivity index (χ2v) is 7.32. The number of methoxy groups -OCH3 is 1. The minimum atomic E-state index is -3.67. The fourth-order valence-electron chi connectivity index (χ4n) is 2.55. The van der Waals surface area contributed by atoms with Crippen LogP contribution in [0, 0.1) is 6.92 Å². The van der Waals surface area contributed by atoms with Gasteiger partial charge in [-0.3, -0.25) is 9.40 Å². The van der Waals surface area contributed by atoms with Gasteiger partial charge in [-0.05, 0) is 54.4 Å². The van der Waals surface area contributed by atoms with E-state index in [1.165, 1.54) is 6.07 Å². The maximum atomic E-state index is 12.6. The standard InChI is InChI=1S/C18H19N3O3S/c1-14-11-17(7-8-18(14)24-2)25(22,23)20-16-6-3-5-15(12-16)13-21-10-4-9-19-21/h3-12,20H,13H2,1-2H3. The van der Waals surface area contributed by atoms with Crippen LogP contribution in [-0.4, -0.2) is 25.3 Å². The number of ether oxygens (including phenoxy) is 1. The second kappa shape index (κ2) is 6.98. The lowest BCUT2D eigenvalue weighted by Gasteiger charge is -2.11. The van der Waals surface area contributed by atoms with Crippen molar-refractivity contribution in [2.24, 2.45) is 0 Å². The lowest BCUT2D eigenvalue weighted by atomic mass is 10.2. The molecule has 3 rings (SSSR count). The maximum Gasteiger partial charge on any atom is 0.261 e. The van der Waals surface area contributed by atoms with Crippen LogP contribution in [0.3, 0.4) is 0 Å². The number of anilines is 1. The molecule has 0 bridgehead atoms. The monoisotopic (exact) mass is 357 g/mol. The maximum absolute atomic E-state index is 12.6. The SMILES string of the molecule is COc1ccc(S(=O)(=O)Nc2cccc(Cn3cccn3)c2)cc1C. The van der Waals surface area contributed by atoms with Gasteiger partial charge in [-0.15, -0.1) is 0 Å². The predicted octanol–water partition coefficient (Wildman–Crippen LogP) is 3.05. The third kappa shape index (κ3) is 4.00. The van der Waals surface area contributed by atoms with Crippen molar-refractivity contribution in [3.05, 3.63) is 72.1 Å². The molecule has 7 heteroatoms. The molecule has 0 aliphatic heterocycles. The van der Waals surface area contributed by atoms with Gasteiger partial charge in [-0.25, -0.2) is 8.42 Å². The molecule has 0 fully saturated rings. The molecule has 2 aromatic carbocycles. The number of nitrogens with one attached hydrogen (secondary N) is 1. The first-order chi connectivity index (χ1) is 12.0. The van der Waals surface area contributed by atoms with E-state index < -0.39 is 10.0 Å². The summed E-state index contributed by atoms with van der Waals surface area (Å²) >= 11 is 0. The number of rotatable bonds is 6. The molecule has 1 N–H and O–H groups in total. The van der Waals surface area contributed by atoms with Crippen LogP contribution in [0.2, 0.25) is 0 Å². The number of aromatic nitrogens is 2. The average molecular weight is 357 g/mol. The average Bonchev–Trinajstić information content (AvgIpc) is 3.07. The largest absolute Gasteiger partial charge is 0.496 e. The summed E-state index contributed by atoms with van der Waals surface area (Å²) in [6, 6.07) is 13.9. The van der Waals surface area contributed by atoms with Crippen LogP contribution in [0.25, 0.3) is 0 Å². The zero-order valence-corrected chi connectivity index (χ0v) is 14.8. The Kier molecular flexibility index (Phi) is 4.76. The van der Waals surface area contributed by atoms with Gasteiger partial charge in [0.2, 0.25) is 0 Å². The Labute approximate surface area is 147 Å². The summed E-state index contributed by atoms with van der Waals surface area (Å²) in [5.74, 6) is 0.653. The van der Waals surface area contributed by atoms with Crippen molar-refractivity contribution in [1.82, 2.24) is 9.78 Å². The minimum absolute atomic E-state index is 0.197. The van der Waals surface area contributed by atoms with Gasteiger partial charge in [0.25, 0.3) is 10.0 Å². The molecule has 25 heavy (non-hydrogen) atoms. The Hall–Kier alpha value is -2.80. The Balaban J connectivity index is 1.82. The highest BCUT2D eigenvalue weighted by atomic mass is 32.2. The van der Waals surface area contributed by atoms with Crippen LogP contribution >= 0.6 is 0 Å². The van der Waals surface area contributed by atoms with E-state index in [-0.39, 0.29) is 4.90 Å². The third-order valence-corrected chi connectivity index (χ3v) is 5.14. The first kappa shape index (κ1) is 17.0. The van der Waals surface area contributed by atoms with Crippen LogP contribution < -0.4 is 9.46 Å². The number of aryl methyl sites for hydroxylation is 1. The molecular formula is C18H19N3O3S. The number of hydrogen-bond acceptors (Lipinski definition) is 4. The Bertz CT molecular complexity index is 967. The number of benzene rings is 2. The summed E-state index contributed by atoms with van der Waals surface area (Å²) in [6.07, 6.45) is 3.57. The van der Waals surface area contributed by atoms with Crippen molar-refractivity contribution < 1.29 is 13.2 Å². The predicted molar refractivity (Wildman–Crippen MR) is 96.3 cm³/mol.